The number of hydrogen-bond acceptors (Lipinski definition) is 5. The molecule has 108 valence electrons. The lowest BCUT2D eigenvalue weighted by atomic mass is 10.1. The Balaban J connectivity index is 3.14. The molecule has 0 unspecified atom stereocenters. The molecule has 0 bridgehead atoms. The van der Waals surface area contributed by atoms with Gasteiger partial charge in [-0.3, -0.25) is 4.79 Å². The zero-order valence-corrected chi connectivity index (χ0v) is 11.8. The van der Waals surface area contributed by atoms with Gasteiger partial charge in [0.25, 0.3) is 0 Å². The Kier molecular flexibility index (Phi) is 5.77. The van der Waals surface area contributed by atoms with Crippen LogP contribution in [0.15, 0.2) is 23.8 Å². The van der Waals surface area contributed by atoms with Crippen LogP contribution in [0, 0.1) is 0 Å². The van der Waals surface area contributed by atoms with E-state index in [-0.39, 0.29) is 23.7 Å². The van der Waals surface area contributed by atoms with Crippen LogP contribution in [0.3, 0.4) is 0 Å². The Labute approximate surface area is 117 Å². The molecule has 0 radical (unpaired) electrons. The highest BCUT2D eigenvalue weighted by molar-refractivity contribution is 6.19. The van der Waals surface area contributed by atoms with Crippen molar-refractivity contribution in [2.75, 3.05) is 13.2 Å². The van der Waals surface area contributed by atoms with Crippen molar-refractivity contribution in [1.82, 2.24) is 0 Å². The van der Waals surface area contributed by atoms with Gasteiger partial charge in [-0.2, -0.15) is 0 Å². The van der Waals surface area contributed by atoms with Gasteiger partial charge in [0.15, 0.2) is 17.3 Å². The molecule has 0 saturated carbocycles. The minimum Gasteiger partial charge on any atom is -0.504 e. The molecule has 1 rings (SSSR count). The molecular formula is C15H18O5. The first-order valence-corrected chi connectivity index (χ1v) is 6.35. The van der Waals surface area contributed by atoms with Gasteiger partial charge in [-0.1, -0.05) is 6.07 Å². The number of phenols is 1. The largest absolute Gasteiger partial charge is 0.504 e. The molecule has 0 fully saturated rings. The van der Waals surface area contributed by atoms with Crippen molar-refractivity contribution in [3.05, 3.63) is 29.3 Å². The number of benzene rings is 1. The number of Topliss-reactive ketones (excluding diaryl/α,β-unsaturated/α-hetero) is 1. The van der Waals surface area contributed by atoms with Crippen LogP contribution < -0.4 is 4.74 Å². The average Bonchev–Trinajstić information content (AvgIpc) is 2.39. The van der Waals surface area contributed by atoms with E-state index >= 15 is 0 Å². The minimum atomic E-state index is -0.661. The maximum absolute atomic E-state index is 11.7. The zero-order valence-electron chi connectivity index (χ0n) is 11.8. The zero-order chi connectivity index (χ0) is 15.1. The van der Waals surface area contributed by atoms with Gasteiger partial charge in [-0.05, 0) is 44.5 Å². The van der Waals surface area contributed by atoms with E-state index in [1.807, 2.05) is 0 Å². The molecule has 0 aliphatic heterocycles. The summed E-state index contributed by atoms with van der Waals surface area (Å²) in [6.45, 7) is 5.36. The summed E-state index contributed by atoms with van der Waals surface area (Å²) >= 11 is 0. The summed E-state index contributed by atoms with van der Waals surface area (Å²) in [5.74, 6) is -0.738. The first-order valence-electron chi connectivity index (χ1n) is 6.35. The Hall–Kier alpha value is -2.30. The van der Waals surface area contributed by atoms with Crippen molar-refractivity contribution in [3.63, 3.8) is 0 Å². The van der Waals surface area contributed by atoms with Crippen molar-refractivity contribution in [2.45, 2.75) is 20.8 Å². The highest BCUT2D eigenvalue weighted by Crippen LogP contribution is 2.27. The molecule has 0 spiro atoms. The molecular weight excluding hydrogens is 260 g/mol. The van der Waals surface area contributed by atoms with Crippen molar-refractivity contribution in [3.8, 4) is 11.5 Å². The molecule has 5 heteroatoms. The first kappa shape index (κ1) is 15.8. The molecule has 5 nitrogen and oxygen atoms in total. The number of ether oxygens (including phenoxy) is 2. The van der Waals surface area contributed by atoms with E-state index in [9.17, 15) is 14.7 Å². The van der Waals surface area contributed by atoms with E-state index in [1.54, 1.807) is 26.0 Å². The highest BCUT2D eigenvalue weighted by Gasteiger charge is 2.16. The summed E-state index contributed by atoms with van der Waals surface area (Å²) in [5.41, 5.74) is 0.532. The highest BCUT2D eigenvalue weighted by atomic mass is 16.5. The van der Waals surface area contributed by atoms with Gasteiger partial charge in [0.1, 0.15) is 5.57 Å². The minimum absolute atomic E-state index is 0.00418. The standard InChI is InChI=1S/C15H18O5/c1-4-19-14-9-11(6-7-13(14)17)8-12(10(3)16)15(18)20-5-2/h6-9,17H,4-5H2,1-3H3/b12-8-. The van der Waals surface area contributed by atoms with Crippen LogP contribution in [0.1, 0.15) is 26.3 Å². The number of phenolic OH excluding ortho intramolecular Hbond substituents is 1. The smallest absolute Gasteiger partial charge is 0.341 e. The number of aromatic hydroxyl groups is 1. The summed E-state index contributed by atoms with van der Waals surface area (Å²) in [5, 5.41) is 9.60. The molecule has 1 aromatic carbocycles. The fourth-order valence-electron chi connectivity index (χ4n) is 1.57. The topological polar surface area (TPSA) is 72.8 Å². The van der Waals surface area contributed by atoms with Gasteiger partial charge < -0.3 is 14.6 Å². The summed E-state index contributed by atoms with van der Waals surface area (Å²) in [4.78, 5) is 23.2. The van der Waals surface area contributed by atoms with Gasteiger partial charge in [0.2, 0.25) is 0 Å². The van der Waals surface area contributed by atoms with Gasteiger partial charge in [-0.25, -0.2) is 4.79 Å². The molecule has 1 aromatic rings. The lowest BCUT2D eigenvalue weighted by molar-refractivity contribution is -0.139. The fourth-order valence-corrected chi connectivity index (χ4v) is 1.57. The van der Waals surface area contributed by atoms with Crippen molar-refractivity contribution in [1.29, 1.82) is 0 Å². The van der Waals surface area contributed by atoms with Crippen LogP contribution in [0.5, 0.6) is 11.5 Å². The molecule has 0 aliphatic rings. The molecule has 0 saturated heterocycles. The molecule has 0 heterocycles. The number of rotatable bonds is 6. The van der Waals surface area contributed by atoms with Crippen molar-refractivity contribution >= 4 is 17.8 Å². The van der Waals surface area contributed by atoms with Crippen LogP contribution >= 0.6 is 0 Å². The van der Waals surface area contributed by atoms with Crippen molar-refractivity contribution < 1.29 is 24.2 Å². The Morgan fingerprint density at radius 2 is 1.95 bits per heavy atom. The second-order valence-corrected chi connectivity index (χ2v) is 3.99. The maximum atomic E-state index is 11.7. The molecule has 20 heavy (non-hydrogen) atoms. The van der Waals surface area contributed by atoms with E-state index in [4.69, 9.17) is 9.47 Å². The monoisotopic (exact) mass is 278 g/mol. The van der Waals surface area contributed by atoms with E-state index in [0.717, 1.165) is 0 Å². The number of esters is 1. The number of ketones is 1. The van der Waals surface area contributed by atoms with Crippen molar-refractivity contribution in [2.24, 2.45) is 0 Å². The van der Waals surface area contributed by atoms with Crippen LogP contribution in [-0.4, -0.2) is 30.1 Å². The number of hydrogen-bond donors (Lipinski definition) is 1. The maximum Gasteiger partial charge on any atom is 0.341 e. The summed E-state index contributed by atoms with van der Waals surface area (Å²) in [7, 11) is 0. The van der Waals surface area contributed by atoms with Crippen LogP contribution in [-0.2, 0) is 14.3 Å². The number of carbonyl (C=O) groups is 2. The van der Waals surface area contributed by atoms with Gasteiger partial charge in [0, 0.05) is 0 Å². The first-order chi connectivity index (χ1) is 9.49. The number of carbonyl (C=O) groups excluding carboxylic acids is 2. The summed E-state index contributed by atoms with van der Waals surface area (Å²) in [6, 6.07) is 4.58. The fraction of sp³-hybridized carbons (Fsp3) is 0.333. The molecule has 0 amide bonds. The van der Waals surface area contributed by atoms with Gasteiger partial charge in [0.05, 0.1) is 13.2 Å². The van der Waals surface area contributed by atoms with Crippen LogP contribution in [0.2, 0.25) is 0 Å². The van der Waals surface area contributed by atoms with E-state index in [0.29, 0.717) is 17.9 Å². The summed E-state index contributed by atoms with van der Waals surface area (Å²) < 4.78 is 10.1. The van der Waals surface area contributed by atoms with Crippen LogP contribution in [0.4, 0.5) is 0 Å². The predicted molar refractivity (Wildman–Crippen MR) is 74.6 cm³/mol. The Morgan fingerprint density at radius 3 is 2.50 bits per heavy atom. The molecule has 0 aromatic heterocycles. The second-order valence-electron chi connectivity index (χ2n) is 3.99. The van der Waals surface area contributed by atoms with Gasteiger partial charge in [-0.15, -0.1) is 0 Å². The van der Waals surface area contributed by atoms with Gasteiger partial charge >= 0.3 is 5.97 Å². The van der Waals surface area contributed by atoms with E-state index in [1.165, 1.54) is 19.1 Å². The average molecular weight is 278 g/mol. The third-order valence-corrected chi connectivity index (χ3v) is 2.47. The SMILES string of the molecule is CCOC(=O)/C(=C\c1ccc(O)c(OCC)c1)C(C)=O. The normalized spacial score (nSPS) is 11.1. The lowest BCUT2D eigenvalue weighted by Gasteiger charge is -2.07. The third kappa shape index (κ3) is 4.12. The molecule has 0 atom stereocenters. The second kappa shape index (κ2) is 7.33. The quantitative estimate of drug-likeness (QED) is 0.374. The molecule has 0 aliphatic carbocycles. The van der Waals surface area contributed by atoms with E-state index in [2.05, 4.69) is 0 Å². The Morgan fingerprint density at radius 1 is 1.25 bits per heavy atom. The third-order valence-electron chi connectivity index (χ3n) is 2.47. The van der Waals surface area contributed by atoms with Crippen LogP contribution in [0.25, 0.3) is 6.08 Å². The van der Waals surface area contributed by atoms with E-state index < -0.39 is 5.97 Å². The Bertz CT molecular complexity index is 531. The molecule has 1 N–H and O–H groups in total. The lowest BCUT2D eigenvalue weighted by Crippen LogP contribution is -2.13. The predicted octanol–water partition coefficient (Wildman–Crippen LogP) is 2.33. The summed E-state index contributed by atoms with van der Waals surface area (Å²) in [6.07, 6.45) is 1.42.